The Balaban J connectivity index is 4.58. The number of carbonyl (C=O) groups is 2. The van der Waals surface area contributed by atoms with Gasteiger partial charge in [-0.1, -0.05) is 124 Å². The topological polar surface area (TPSA) is 111 Å². The molecule has 0 aliphatic heterocycles. The number of allylic oxidation sites excluding steroid dienone is 16. The highest BCUT2D eigenvalue weighted by Crippen LogP contribution is 2.38. The van der Waals surface area contributed by atoms with Crippen molar-refractivity contribution in [2.24, 2.45) is 0 Å². The number of likely N-dealkylation sites (N-methyl/N-ethyl adjacent to an activating group) is 1. The normalized spacial score (nSPS) is 14.7. The fourth-order valence-electron chi connectivity index (χ4n) is 4.54. The summed E-state index contributed by atoms with van der Waals surface area (Å²) in [5, 5.41) is 0. The number of hydrogen-bond donors (Lipinski definition) is 0. The van der Waals surface area contributed by atoms with Crippen molar-refractivity contribution in [1.29, 1.82) is 0 Å². The number of unbranched alkanes of at least 4 members (excludes halogenated alkanes) is 4. The van der Waals surface area contributed by atoms with Crippen molar-refractivity contribution >= 4 is 19.8 Å². The van der Waals surface area contributed by atoms with Crippen molar-refractivity contribution in [2.45, 2.75) is 123 Å². The van der Waals surface area contributed by atoms with E-state index in [2.05, 4.69) is 98.9 Å². The standard InChI is InChI=1S/C44H72NO8P/c1-6-8-10-12-14-16-18-20-21-22-23-25-27-29-31-33-35-37-44(47)53-42(41-52-54(48,49)51-39-38-45(3,4)5)40-50-43(46)36-34-32-30-28-26-24-19-17-15-13-11-9-7-2/h8-11,14-17,20-21,23-26,30,32,42H,6-7,12-13,18-19,22,27-29,31,33-41H2,1-5H3/b10-8-,11-9-,16-14-,17-15-,21-20-,25-23-,26-24-,32-30-. The van der Waals surface area contributed by atoms with E-state index >= 15 is 0 Å². The monoisotopic (exact) mass is 773 g/mol. The molecule has 9 nitrogen and oxygen atoms in total. The molecule has 0 N–H and O–H groups in total. The number of hydrogen-bond acceptors (Lipinski definition) is 8. The van der Waals surface area contributed by atoms with Crippen LogP contribution in [-0.2, 0) is 32.7 Å². The molecule has 306 valence electrons. The van der Waals surface area contributed by atoms with Crippen molar-refractivity contribution in [3.8, 4) is 0 Å². The molecule has 0 aromatic heterocycles. The van der Waals surface area contributed by atoms with Crippen molar-refractivity contribution in [2.75, 3.05) is 47.5 Å². The average molecular weight is 774 g/mol. The van der Waals surface area contributed by atoms with Gasteiger partial charge in [0.05, 0.1) is 27.7 Å². The molecule has 0 heterocycles. The zero-order chi connectivity index (χ0) is 40.0. The molecular formula is C44H72NO8P. The number of phosphoric acid groups is 1. The first-order chi connectivity index (χ1) is 26.0. The van der Waals surface area contributed by atoms with E-state index in [1.165, 1.54) is 0 Å². The quantitative estimate of drug-likeness (QED) is 0.0209. The predicted molar refractivity (Wildman–Crippen MR) is 222 cm³/mol. The van der Waals surface area contributed by atoms with Gasteiger partial charge in [-0.2, -0.15) is 0 Å². The van der Waals surface area contributed by atoms with Crippen LogP contribution in [0, 0.1) is 0 Å². The van der Waals surface area contributed by atoms with Gasteiger partial charge < -0.3 is 27.9 Å². The second-order valence-electron chi connectivity index (χ2n) is 13.9. The Bertz CT molecular complexity index is 1240. The molecule has 10 heteroatoms. The van der Waals surface area contributed by atoms with Crippen molar-refractivity contribution in [3.05, 3.63) is 97.2 Å². The summed E-state index contributed by atoms with van der Waals surface area (Å²) in [5.41, 5.74) is 0. The lowest BCUT2D eigenvalue weighted by molar-refractivity contribution is -0.870. The summed E-state index contributed by atoms with van der Waals surface area (Å²) in [6.07, 6.45) is 46.0. The number of phosphoric ester groups is 1. The maximum absolute atomic E-state index is 12.6. The Kier molecular flexibility index (Phi) is 33.6. The van der Waals surface area contributed by atoms with Gasteiger partial charge in [-0.05, 0) is 77.0 Å². The van der Waals surface area contributed by atoms with Crippen LogP contribution in [0.15, 0.2) is 97.2 Å². The van der Waals surface area contributed by atoms with Gasteiger partial charge >= 0.3 is 11.9 Å². The molecule has 0 fully saturated rings. The molecule has 0 saturated heterocycles. The Labute approximate surface area is 328 Å². The minimum Gasteiger partial charge on any atom is -0.756 e. The van der Waals surface area contributed by atoms with Gasteiger partial charge in [-0.15, -0.1) is 0 Å². The lowest BCUT2D eigenvalue weighted by Crippen LogP contribution is -2.37. The van der Waals surface area contributed by atoms with Gasteiger partial charge in [-0.3, -0.25) is 14.2 Å². The summed E-state index contributed by atoms with van der Waals surface area (Å²) < 4.78 is 33.7. The Hall–Kier alpha value is -3.07. The third-order valence-corrected chi connectivity index (χ3v) is 8.58. The van der Waals surface area contributed by atoms with Gasteiger partial charge in [0.15, 0.2) is 6.10 Å². The molecule has 54 heavy (non-hydrogen) atoms. The fourth-order valence-corrected chi connectivity index (χ4v) is 5.27. The number of quaternary nitrogens is 1. The summed E-state index contributed by atoms with van der Waals surface area (Å²) in [6, 6.07) is 0. The van der Waals surface area contributed by atoms with Crippen molar-refractivity contribution in [1.82, 2.24) is 0 Å². The van der Waals surface area contributed by atoms with E-state index in [1.807, 2.05) is 33.3 Å². The van der Waals surface area contributed by atoms with Gasteiger partial charge in [0.2, 0.25) is 0 Å². The van der Waals surface area contributed by atoms with Crippen LogP contribution in [0.5, 0.6) is 0 Å². The zero-order valence-corrected chi connectivity index (χ0v) is 35.0. The van der Waals surface area contributed by atoms with Crippen LogP contribution < -0.4 is 4.89 Å². The number of carbonyl (C=O) groups excluding carboxylic acids is 2. The van der Waals surface area contributed by atoms with Gasteiger partial charge in [0.1, 0.15) is 19.8 Å². The maximum atomic E-state index is 12.6. The van der Waals surface area contributed by atoms with Crippen molar-refractivity contribution < 1.29 is 42.1 Å². The first-order valence-electron chi connectivity index (χ1n) is 19.9. The van der Waals surface area contributed by atoms with Crippen LogP contribution in [-0.4, -0.2) is 70.0 Å². The minimum absolute atomic E-state index is 0.0523. The SMILES string of the molecule is CC/C=C\C/C=C\C/C=C\C/C=C\CCCCCCC(=O)OC(COC(=O)CC/C=C\C/C=C\C/C=C\C/C=C\CC)COP(=O)([O-])OCC[N+](C)(C)C. The van der Waals surface area contributed by atoms with Crippen LogP contribution in [0.25, 0.3) is 0 Å². The van der Waals surface area contributed by atoms with Crippen molar-refractivity contribution in [3.63, 3.8) is 0 Å². The Morgan fingerprint density at radius 1 is 0.574 bits per heavy atom. The molecule has 0 aliphatic carbocycles. The zero-order valence-electron chi connectivity index (χ0n) is 34.1. The smallest absolute Gasteiger partial charge is 0.306 e. The molecule has 0 radical (unpaired) electrons. The first-order valence-corrected chi connectivity index (χ1v) is 21.4. The van der Waals surface area contributed by atoms with Crippen LogP contribution >= 0.6 is 7.82 Å². The summed E-state index contributed by atoms with van der Waals surface area (Å²) in [4.78, 5) is 37.4. The van der Waals surface area contributed by atoms with Gasteiger partial charge in [0, 0.05) is 12.8 Å². The van der Waals surface area contributed by atoms with E-state index in [0.717, 1.165) is 77.0 Å². The third kappa shape index (κ3) is 38.6. The van der Waals surface area contributed by atoms with Gasteiger partial charge in [0.25, 0.3) is 7.82 Å². The van der Waals surface area contributed by atoms with E-state index in [4.69, 9.17) is 18.5 Å². The summed E-state index contributed by atoms with van der Waals surface area (Å²) >= 11 is 0. The van der Waals surface area contributed by atoms with E-state index in [9.17, 15) is 19.0 Å². The van der Waals surface area contributed by atoms with Crippen LogP contribution in [0.4, 0.5) is 0 Å². The lowest BCUT2D eigenvalue weighted by Gasteiger charge is -2.28. The second kappa shape index (κ2) is 35.6. The molecule has 2 atom stereocenters. The first kappa shape index (κ1) is 50.9. The predicted octanol–water partition coefficient (Wildman–Crippen LogP) is 10.4. The highest BCUT2D eigenvalue weighted by molar-refractivity contribution is 7.45. The van der Waals surface area contributed by atoms with E-state index in [0.29, 0.717) is 23.9 Å². The number of nitrogens with zero attached hydrogens (tertiary/aromatic N) is 1. The molecule has 0 saturated carbocycles. The molecule has 0 spiro atoms. The molecule has 0 amide bonds. The third-order valence-electron chi connectivity index (χ3n) is 7.61. The number of ether oxygens (including phenoxy) is 2. The molecule has 0 rings (SSSR count). The largest absolute Gasteiger partial charge is 0.756 e. The fraction of sp³-hybridized carbons (Fsp3) is 0.591. The maximum Gasteiger partial charge on any atom is 0.306 e. The van der Waals surface area contributed by atoms with E-state index < -0.39 is 32.5 Å². The van der Waals surface area contributed by atoms with Gasteiger partial charge in [-0.25, -0.2) is 0 Å². The Morgan fingerprint density at radius 3 is 1.54 bits per heavy atom. The lowest BCUT2D eigenvalue weighted by atomic mass is 10.1. The van der Waals surface area contributed by atoms with Crippen LogP contribution in [0.1, 0.15) is 117 Å². The van der Waals surface area contributed by atoms with E-state index in [-0.39, 0.29) is 26.1 Å². The molecular weight excluding hydrogens is 701 g/mol. The van der Waals surface area contributed by atoms with Crippen LogP contribution in [0.2, 0.25) is 0 Å². The van der Waals surface area contributed by atoms with Crippen LogP contribution in [0.3, 0.4) is 0 Å². The molecule has 0 aliphatic rings. The molecule has 0 bridgehead atoms. The summed E-state index contributed by atoms with van der Waals surface area (Å²) in [5.74, 6) is -0.971. The second-order valence-corrected chi connectivity index (χ2v) is 15.3. The number of rotatable bonds is 34. The summed E-state index contributed by atoms with van der Waals surface area (Å²) in [7, 11) is 1.09. The molecule has 0 aromatic carbocycles. The highest BCUT2D eigenvalue weighted by Gasteiger charge is 2.21. The number of esters is 2. The molecule has 0 aromatic rings. The van der Waals surface area contributed by atoms with E-state index in [1.54, 1.807) is 0 Å². The summed E-state index contributed by atoms with van der Waals surface area (Å²) in [6.45, 7) is 3.84. The average Bonchev–Trinajstić information content (AvgIpc) is 3.12. The highest BCUT2D eigenvalue weighted by atomic mass is 31.2. The minimum atomic E-state index is -4.65. The molecule has 2 unspecified atom stereocenters. The Morgan fingerprint density at radius 2 is 1.04 bits per heavy atom.